The van der Waals surface area contributed by atoms with Crippen LogP contribution in [0.2, 0.25) is 0 Å². The first kappa shape index (κ1) is 13.7. The van der Waals surface area contributed by atoms with E-state index in [0.29, 0.717) is 12.1 Å². The third-order valence-electron chi connectivity index (χ3n) is 3.04. The van der Waals surface area contributed by atoms with Crippen molar-refractivity contribution in [2.75, 3.05) is 13.6 Å². The average Bonchev–Trinajstić information content (AvgIpc) is 2.91. The molecule has 0 radical (unpaired) electrons. The number of hydrogen-bond acceptors (Lipinski definition) is 2. The smallest absolute Gasteiger partial charge is 0.256 e. The first-order valence-corrected chi connectivity index (χ1v) is 7.00. The molecule has 0 atom stereocenters. The molecule has 100 valence electrons. The molecule has 0 aliphatic carbocycles. The molecule has 0 bridgehead atoms. The van der Waals surface area contributed by atoms with Crippen LogP contribution in [0.5, 0.6) is 0 Å². The molecule has 1 aromatic heterocycles. The van der Waals surface area contributed by atoms with Gasteiger partial charge in [-0.25, -0.2) is 4.39 Å². The predicted molar refractivity (Wildman–Crippen MR) is 76.1 cm³/mol. The van der Waals surface area contributed by atoms with Gasteiger partial charge in [0.1, 0.15) is 5.82 Å². The van der Waals surface area contributed by atoms with E-state index in [4.69, 9.17) is 0 Å². The van der Waals surface area contributed by atoms with E-state index < -0.39 is 5.82 Å². The van der Waals surface area contributed by atoms with Crippen molar-refractivity contribution in [2.24, 2.45) is 0 Å². The summed E-state index contributed by atoms with van der Waals surface area (Å²) in [6.07, 6.45) is 0.799. The highest BCUT2D eigenvalue weighted by Gasteiger charge is 2.16. The Balaban J connectivity index is 2.04. The second kappa shape index (κ2) is 5.97. The largest absolute Gasteiger partial charge is 0.341 e. The van der Waals surface area contributed by atoms with Gasteiger partial charge in [-0.3, -0.25) is 4.79 Å². The Kier molecular flexibility index (Phi) is 4.32. The summed E-state index contributed by atoms with van der Waals surface area (Å²) in [5.74, 6) is -0.687. The van der Waals surface area contributed by atoms with E-state index in [0.717, 1.165) is 6.42 Å². The van der Waals surface area contributed by atoms with Crippen LogP contribution in [0, 0.1) is 12.7 Å². The fourth-order valence-corrected chi connectivity index (χ4v) is 2.55. The van der Waals surface area contributed by atoms with E-state index in [9.17, 15) is 9.18 Å². The quantitative estimate of drug-likeness (QED) is 0.837. The average molecular weight is 277 g/mol. The van der Waals surface area contributed by atoms with Crippen molar-refractivity contribution in [3.05, 3.63) is 57.5 Å². The Labute approximate surface area is 116 Å². The molecular weight excluding hydrogens is 261 g/mol. The topological polar surface area (TPSA) is 20.3 Å². The zero-order valence-electron chi connectivity index (χ0n) is 11.0. The zero-order valence-corrected chi connectivity index (χ0v) is 11.8. The van der Waals surface area contributed by atoms with Crippen molar-refractivity contribution in [3.8, 4) is 0 Å². The molecule has 2 nitrogen and oxygen atoms in total. The van der Waals surface area contributed by atoms with Crippen LogP contribution < -0.4 is 0 Å². The number of carbonyl (C=O) groups is 1. The van der Waals surface area contributed by atoms with Gasteiger partial charge in [0.25, 0.3) is 5.91 Å². The van der Waals surface area contributed by atoms with E-state index >= 15 is 0 Å². The summed E-state index contributed by atoms with van der Waals surface area (Å²) in [5, 5.41) is 2.01. The van der Waals surface area contributed by atoms with Gasteiger partial charge in [0.15, 0.2) is 0 Å². The van der Waals surface area contributed by atoms with Crippen LogP contribution in [0.25, 0.3) is 0 Å². The van der Waals surface area contributed by atoms with Crippen molar-refractivity contribution >= 4 is 17.2 Å². The molecule has 0 N–H and O–H groups in total. The number of halogens is 1. The lowest BCUT2D eigenvalue weighted by atomic mass is 10.1. The molecule has 0 unspecified atom stereocenters. The summed E-state index contributed by atoms with van der Waals surface area (Å²) in [4.78, 5) is 15.0. The number of likely N-dealkylation sites (N-methyl/N-ethyl adjacent to an activating group) is 1. The Morgan fingerprint density at radius 1 is 1.32 bits per heavy atom. The number of thiophene rings is 1. The van der Waals surface area contributed by atoms with Crippen LogP contribution in [0.3, 0.4) is 0 Å². The van der Waals surface area contributed by atoms with Gasteiger partial charge in [-0.2, -0.15) is 0 Å². The molecule has 0 aliphatic rings. The predicted octanol–water partition coefficient (Wildman–Crippen LogP) is 3.51. The van der Waals surface area contributed by atoms with Crippen LogP contribution >= 0.6 is 11.3 Å². The molecule has 0 spiro atoms. The Morgan fingerprint density at radius 2 is 2.11 bits per heavy atom. The standard InChI is InChI=1S/C15H16FNOS/c1-11-5-3-7-13(14(11)16)15(18)17(2)9-8-12-6-4-10-19-12/h3-7,10H,8-9H2,1-2H3. The zero-order chi connectivity index (χ0) is 13.8. The van der Waals surface area contributed by atoms with E-state index in [-0.39, 0.29) is 11.5 Å². The van der Waals surface area contributed by atoms with Crippen molar-refractivity contribution in [2.45, 2.75) is 13.3 Å². The maximum absolute atomic E-state index is 13.9. The summed E-state index contributed by atoms with van der Waals surface area (Å²) >= 11 is 1.67. The summed E-state index contributed by atoms with van der Waals surface area (Å²) in [6, 6.07) is 8.93. The molecule has 0 aliphatic heterocycles. The minimum absolute atomic E-state index is 0.147. The van der Waals surface area contributed by atoms with Gasteiger partial charge in [-0.15, -0.1) is 11.3 Å². The number of hydrogen-bond donors (Lipinski definition) is 0. The molecule has 4 heteroatoms. The van der Waals surface area contributed by atoms with Crippen molar-refractivity contribution in [3.63, 3.8) is 0 Å². The van der Waals surface area contributed by atoms with E-state index in [1.54, 1.807) is 42.3 Å². The van der Waals surface area contributed by atoms with Crippen LogP contribution in [0.4, 0.5) is 4.39 Å². The third-order valence-corrected chi connectivity index (χ3v) is 3.98. The highest BCUT2D eigenvalue weighted by atomic mass is 32.1. The summed E-state index contributed by atoms with van der Waals surface area (Å²) in [6.45, 7) is 2.25. The van der Waals surface area contributed by atoms with E-state index in [2.05, 4.69) is 0 Å². The minimum atomic E-state index is -0.421. The van der Waals surface area contributed by atoms with Crippen LogP contribution in [-0.2, 0) is 6.42 Å². The SMILES string of the molecule is Cc1cccc(C(=O)N(C)CCc2cccs2)c1F. The van der Waals surface area contributed by atoms with Gasteiger partial charge in [-0.05, 0) is 36.4 Å². The fourth-order valence-electron chi connectivity index (χ4n) is 1.85. The number of nitrogens with zero attached hydrogens (tertiary/aromatic N) is 1. The Morgan fingerprint density at radius 3 is 2.79 bits per heavy atom. The second-order valence-corrected chi connectivity index (χ2v) is 5.52. The number of rotatable bonds is 4. The minimum Gasteiger partial charge on any atom is -0.341 e. The molecule has 2 aromatic rings. The monoisotopic (exact) mass is 277 g/mol. The Bertz CT molecular complexity index is 566. The first-order valence-electron chi connectivity index (χ1n) is 6.12. The fraction of sp³-hybridized carbons (Fsp3) is 0.267. The molecule has 0 saturated heterocycles. The van der Waals surface area contributed by atoms with Gasteiger partial charge in [0, 0.05) is 18.5 Å². The highest BCUT2D eigenvalue weighted by molar-refractivity contribution is 7.09. The van der Waals surface area contributed by atoms with Gasteiger partial charge in [0.05, 0.1) is 5.56 Å². The normalized spacial score (nSPS) is 10.5. The van der Waals surface area contributed by atoms with Crippen molar-refractivity contribution < 1.29 is 9.18 Å². The third kappa shape index (κ3) is 3.20. The number of benzene rings is 1. The van der Waals surface area contributed by atoms with Gasteiger partial charge >= 0.3 is 0 Å². The highest BCUT2D eigenvalue weighted by Crippen LogP contribution is 2.15. The summed E-state index contributed by atoms with van der Waals surface area (Å²) < 4.78 is 13.9. The number of aryl methyl sites for hydroxylation is 1. The van der Waals surface area contributed by atoms with Crippen LogP contribution in [0.15, 0.2) is 35.7 Å². The maximum Gasteiger partial charge on any atom is 0.256 e. The van der Waals surface area contributed by atoms with Crippen molar-refractivity contribution in [1.29, 1.82) is 0 Å². The van der Waals surface area contributed by atoms with Gasteiger partial charge in [-0.1, -0.05) is 18.2 Å². The molecule has 1 amide bonds. The second-order valence-electron chi connectivity index (χ2n) is 4.49. The molecule has 0 saturated carbocycles. The maximum atomic E-state index is 13.9. The lowest BCUT2D eigenvalue weighted by Gasteiger charge is -2.17. The molecule has 19 heavy (non-hydrogen) atoms. The van der Waals surface area contributed by atoms with Gasteiger partial charge < -0.3 is 4.90 Å². The Hall–Kier alpha value is -1.68. The van der Waals surface area contributed by atoms with Crippen LogP contribution in [0.1, 0.15) is 20.8 Å². The molecule has 0 fully saturated rings. The molecular formula is C15H16FNOS. The summed E-state index contributed by atoms with van der Waals surface area (Å²) in [7, 11) is 1.71. The van der Waals surface area contributed by atoms with Crippen molar-refractivity contribution in [1.82, 2.24) is 4.90 Å². The molecule has 2 rings (SSSR count). The van der Waals surface area contributed by atoms with E-state index in [1.807, 2.05) is 17.5 Å². The number of carbonyl (C=O) groups excluding carboxylic acids is 1. The molecule has 1 aromatic carbocycles. The molecule has 1 heterocycles. The van der Waals surface area contributed by atoms with E-state index in [1.165, 1.54) is 10.9 Å². The number of amides is 1. The van der Waals surface area contributed by atoms with Gasteiger partial charge in [0.2, 0.25) is 0 Å². The lowest BCUT2D eigenvalue weighted by molar-refractivity contribution is 0.0792. The summed E-state index contributed by atoms with van der Waals surface area (Å²) in [5.41, 5.74) is 0.645. The lowest BCUT2D eigenvalue weighted by Crippen LogP contribution is -2.29. The first-order chi connectivity index (χ1) is 9.09. The van der Waals surface area contributed by atoms with Crippen LogP contribution in [-0.4, -0.2) is 24.4 Å².